The topological polar surface area (TPSA) is 152 Å². The molecule has 0 aliphatic carbocycles. The third-order valence-electron chi connectivity index (χ3n) is 5.93. The van der Waals surface area contributed by atoms with E-state index in [9.17, 15) is 24.0 Å². The number of nitriles is 1. The number of benzene rings is 2. The molecule has 2 aliphatic rings. The number of ether oxygens (including phenoxy) is 3. The lowest BCUT2D eigenvalue weighted by atomic mass is 9.98. The number of rotatable bonds is 10. The van der Waals surface area contributed by atoms with Crippen LogP contribution in [0.5, 0.6) is 5.75 Å². The van der Waals surface area contributed by atoms with Crippen molar-refractivity contribution in [1.82, 2.24) is 10.2 Å². The number of para-hydroxylation sites is 1. The van der Waals surface area contributed by atoms with E-state index in [4.69, 9.17) is 19.5 Å². The molecule has 2 heterocycles. The summed E-state index contributed by atoms with van der Waals surface area (Å²) in [5, 5.41) is 12.7. The van der Waals surface area contributed by atoms with E-state index < -0.39 is 60.2 Å². The first kappa shape index (κ1) is 28.8. The van der Waals surface area contributed by atoms with Gasteiger partial charge >= 0.3 is 11.9 Å². The van der Waals surface area contributed by atoms with Crippen LogP contribution in [0.1, 0.15) is 22.8 Å². The Labute approximate surface area is 241 Å². The Morgan fingerprint density at radius 2 is 1.80 bits per heavy atom. The second-order valence-electron chi connectivity index (χ2n) is 8.63. The van der Waals surface area contributed by atoms with E-state index in [0.29, 0.717) is 11.1 Å². The number of hydrogen-bond acceptors (Lipinski definition) is 10. The largest absolute Gasteiger partial charge is 0.482 e. The summed E-state index contributed by atoms with van der Waals surface area (Å²) in [5.41, 5.74) is 0.896. The maximum atomic E-state index is 13.1. The molecule has 2 aromatic rings. The average Bonchev–Trinajstić information content (AvgIpc) is 2.96. The van der Waals surface area contributed by atoms with Gasteiger partial charge < -0.3 is 24.4 Å². The molecule has 0 bridgehead atoms. The van der Waals surface area contributed by atoms with Crippen LogP contribution < -0.4 is 10.1 Å². The molecule has 2 aromatic carbocycles. The molecule has 2 aliphatic heterocycles. The highest BCUT2D eigenvalue weighted by molar-refractivity contribution is 9.10. The molecule has 2 unspecified atom stereocenters. The van der Waals surface area contributed by atoms with Crippen molar-refractivity contribution in [1.29, 1.82) is 5.26 Å². The van der Waals surface area contributed by atoms with Crippen LogP contribution in [0, 0.1) is 11.3 Å². The van der Waals surface area contributed by atoms with Gasteiger partial charge in [0.15, 0.2) is 25.0 Å². The second-order valence-corrected chi connectivity index (χ2v) is 10.5. The number of amides is 2. The van der Waals surface area contributed by atoms with Crippen molar-refractivity contribution >= 4 is 57.2 Å². The average molecular weight is 628 g/mol. The van der Waals surface area contributed by atoms with Gasteiger partial charge in [-0.1, -0.05) is 40.2 Å². The minimum atomic E-state index is -1.25. The minimum Gasteiger partial charge on any atom is -0.482 e. The number of Topliss-reactive ketones (excluding diaryl/α,β-unsaturated/α-hetero) is 1. The normalized spacial score (nSPS) is 19.2. The SMILES string of the molecule is CC(=O)OCC1=CS[C@H]2C(NC(=O)COc3ccccc3C#N)C(=O)N2C1C(=O)OCC(=O)c1ccc(Br)cc1. The molecule has 1 N–H and O–H groups in total. The smallest absolute Gasteiger partial charge is 0.333 e. The first-order chi connectivity index (χ1) is 19.2. The molecule has 1 saturated heterocycles. The third-order valence-corrected chi connectivity index (χ3v) is 7.67. The van der Waals surface area contributed by atoms with E-state index in [-0.39, 0.29) is 17.9 Å². The van der Waals surface area contributed by atoms with Crippen molar-refractivity contribution in [2.24, 2.45) is 0 Å². The summed E-state index contributed by atoms with van der Waals surface area (Å²) < 4.78 is 16.5. The summed E-state index contributed by atoms with van der Waals surface area (Å²) in [5.74, 6) is -2.82. The Balaban J connectivity index is 1.41. The predicted molar refractivity (Wildman–Crippen MR) is 145 cm³/mol. The number of nitrogens with one attached hydrogen (secondary N) is 1. The van der Waals surface area contributed by atoms with Gasteiger partial charge in [0, 0.05) is 22.5 Å². The predicted octanol–water partition coefficient (Wildman–Crippen LogP) is 2.34. The number of fused-ring (bicyclic) bond motifs is 1. The highest BCUT2D eigenvalue weighted by Gasteiger charge is 2.56. The van der Waals surface area contributed by atoms with E-state index in [2.05, 4.69) is 21.2 Å². The van der Waals surface area contributed by atoms with E-state index in [1.54, 1.807) is 53.9 Å². The summed E-state index contributed by atoms with van der Waals surface area (Å²) in [7, 11) is 0. The summed E-state index contributed by atoms with van der Waals surface area (Å²) in [6, 6.07) is 12.7. The summed E-state index contributed by atoms with van der Waals surface area (Å²) in [6.07, 6.45) is 0. The lowest BCUT2D eigenvalue weighted by molar-refractivity contribution is -0.163. The molecule has 206 valence electrons. The number of β-lactam (4-membered cyclic amide) rings is 1. The van der Waals surface area contributed by atoms with Gasteiger partial charge in [0.25, 0.3) is 5.91 Å². The first-order valence-electron chi connectivity index (χ1n) is 11.9. The number of thioether (sulfide) groups is 1. The van der Waals surface area contributed by atoms with Crippen molar-refractivity contribution in [2.75, 3.05) is 19.8 Å². The van der Waals surface area contributed by atoms with Gasteiger partial charge in [-0.2, -0.15) is 5.26 Å². The molecular formula is C27H22BrN3O8S. The fraction of sp³-hybridized carbons (Fsp3) is 0.259. The van der Waals surface area contributed by atoms with Crippen molar-refractivity contribution in [3.05, 3.63) is 75.1 Å². The summed E-state index contributed by atoms with van der Waals surface area (Å²) in [6.45, 7) is -0.0419. The molecule has 0 saturated carbocycles. The van der Waals surface area contributed by atoms with Gasteiger partial charge in [0.2, 0.25) is 5.91 Å². The number of nitrogens with zero attached hydrogens (tertiary/aromatic N) is 2. The van der Waals surface area contributed by atoms with Crippen LogP contribution in [0.2, 0.25) is 0 Å². The molecule has 4 rings (SSSR count). The Kier molecular flexibility index (Phi) is 9.23. The Bertz CT molecular complexity index is 1420. The zero-order valence-corrected chi connectivity index (χ0v) is 23.4. The van der Waals surface area contributed by atoms with Crippen molar-refractivity contribution in [3.63, 3.8) is 0 Å². The Hall–Kier alpha value is -4.15. The number of ketones is 1. The van der Waals surface area contributed by atoms with Gasteiger partial charge in [-0.25, -0.2) is 4.79 Å². The molecule has 11 nitrogen and oxygen atoms in total. The molecule has 0 spiro atoms. The molecule has 0 aromatic heterocycles. The Morgan fingerprint density at radius 3 is 2.50 bits per heavy atom. The first-order valence-corrected chi connectivity index (χ1v) is 13.6. The van der Waals surface area contributed by atoms with Gasteiger partial charge in [-0.3, -0.25) is 19.2 Å². The highest BCUT2D eigenvalue weighted by atomic mass is 79.9. The van der Waals surface area contributed by atoms with Crippen LogP contribution in [-0.2, 0) is 28.7 Å². The van der Waals surface area contributed by atoms with Crippen molar-refractivity contribution in [2.45, 2.75) is 24.4 Å². The molecule has 2 amide bonds. The third kappa shape index (κ3) is 6.52. The van der Waals surface area contributed by atoms with Crippen LogP contribution >= 0.6 is 27.7 Å². The van der Waals surface area contributed by atoms with Crippen molar-refractivity contribution < 1.29 is 38.2 Å². The molecular weight excluding hydrogens is 606 g/mol. The van der Waals surface area contributed by atoms with E-state index in [1.165, 1.54) is 11.8 Å². The van der Waals surface area contributed by atoms with Crippen molar-refractivity contribution in [3.8, 4) is 11.8 Å². The second kappa shape index (κ2) is 12.8. The molecule has 1 fully saturated rings. The fourth-order valence-corrected chi connectivity index (χ4v) is 5.45. The number of halogens is 1. The Morgan fingerprint density at radius 1 is 1.07 bits per heavy atom. The van der Waals surface area contributed by atoms with Crippen LogP contribution in [0.25, 0.3) is 0 Å². The van der Waals surface area contributed by atoms with Crippen LogP contribution in [0.4, 0.5) is 0 Å². The fourth-order valence-electron chi connectivity index (χ4n) is 3.98. The van der Waals surface area contributed by atoms with Gasteiger partial charge in [-0.05, 0) is 29.7 Å². The maximum absolute atomic E-state index is 13.1. The zero-order valence-electron chi connectivity index (χ0n) is 21.0. The quantitative estimate of drug-likeness (QED) is 0.236. The molecule has 13 heteroatoms. The zero-order chi connectivity index (χ0) is 28.8. The van der Waals surface area contributed by atoms with Crippen LogP contribution in [0.15, 0.2) is 64.0 Å². The van der Waals surface area contributed by atoms with Crippen LogP contribution in [-0.4, -0.2) is 71.7 Å². The number of hydrogen-bond donors (Lipinski definition) is 1. The van der Waals surface area contributed by atoms with E-state index >= 15 is 0 Å². The standard InChI is InChI=1S/C27H22BrN3O8S/c1-15(32)37-11-18-14-40-26-23(30-22(34)13-38-21-5-3-2-4-17(21)10-29)25(35)31(26)24(18)27(36)39-12-20(33)16-6-8-19(28)9-7-16/h2-9,14,23-24,26H,11-13H2,1H3,(H,30,34)/t23?,24?,26-/m0/s1. The van der Waals surface area contributed by atoms with E-state index in [0.717, 1.165) is 16.2 Å². The van der Waals surface area contributed by atoms with Gasteiger partial charge in [0.1, 0.15) is 29.8 Å². The lowest BCUT2D eigenvalue weighted by Gasteiger charge is -2.51. The number of esters is 2. The van der Waals surface area contributed by atoms with Crippen LogP contribution in [0.3, 0.4) is 0 Å². The number of carbonyl (C=O) groups is 5. The summed E-state index contributed by atoms with van der Waals surface area (Å²) in [4.78, 5) is 63.9. The number of carbonyl (C=O) groups excluding carboxylic acids is 5. The molecule has 3 atom stereocenters. The highest BCUT2D eigenvalue weighted by Crippen LogP contribution is 2.40. The van der Waals surface area contributed by atoms with Gasteiger partial charge in [-0.15, -0.1) is 11.8 Å². The minimum absolute atomic E-state index is 0.229. The molecule has 40 heavy (non-hydrogen) atoms. The lowest BCUT2D eigenvalue weighted by Crippen LogP contribution is -2.74. The molecule has 0 radical (unpaired) electrons. The maximum Gasteiger partial charge on any atom is 0.333 e. The van der Waals surface area contributed by atoms with E-state index in [1.807, 2.05) is 6.07 Å². The van der Waals surface area contributed by atoms with Gasteiger partial charge in [0.05, 0.1) is 5.56 Å². The monoisotopic (exact) mass is 627 g/mol. The summed E-state index contributed by atoms with van der Waals surface area (Å²) >= 11 is 4.45.